The quantitative estimate of drug-likeness (QED) is 0.874. The van der Waals surface area contributed by atoms with Crippen molar-refractivity contribution in [3.05, 3.63) is 53.2 Å². The van der Waals surface area contributed by atoms with Gasteiger partial charge in [-0.3, -0.25) is 4.98 Å². The standard InChI is InChI=1S/C15H18N2/c1-11-3-5-14(12(2)9-11)15-6-4-13(7-8-16)10-17-15/h3-6,9-10H,7-8,16H2,1-2H3. The van der Waals surface area contributed by atoms with Gasteiger partial charge < -0.3 is 5.73 Å². The lowest BCUT2D eigenvalue weighted by atomic mass is 10.0. The average Bonchev–Trinajstić information content (AvgIpc) is 2.31. The first-order valence-corrected chi connectivity index (χ1v) is 5.93. The average molecular weight is 226 g/mol. The predicted octanol–water partition coefficient (Wildman–Crippen LogP) is 2.87. The minimum atomic E-state index is 0.671. The number of rotatable bonds is 3. The van der Waals surface area contributed by atoms with Gasteiger partial charge in [-0.05, 0) is 44.0 Å². The van der Waals surface area contributed by atoms with E-state index in [2.05, 4.69) is 49.2 Å². The summed E-state index contributed by atoms with van der Waals surface area (Å²) in [6, 6.07) is 10.6. The molecular weight excluding hydrogens is 208 g/mol. The van der Waals surface area contributed by atoms with Gasteiger partial charge in [0.05, 0.1) is 5.69 Å². The summed E-state index contributed by atoms with van der Waals surface area (Å²) >= 11 is 0. The zero-order valence-electron chi connectivity index (χ0n) is 10.4. The maximum Gasteiger partial charge on any atom is 0.0704 e. The van der Waals surface area contributed by atoms with Gasteiger partial charge in [0.2, 0.25) is 0 Å². The number of nitrogens with zero attached hydrogens (tertiary/aromatic N) is 1. The van der Waals surface area contributed by atoms with Gasteiger partial charge in [0.1, 0.15) is 0 Å². The summed E-state index contributed by atoms with van der Waals surface area (Å²) in [5.74, 6) is 0. The minimum absolute atomic E-state index is 0.671. The molecule has 0 saturated heterocycles. The summed E-state index contributed by atoms with van der Waals surface area (Å²) in [4.78, 5) is 4.50. The SMILES string of the molecule is Cc1ccc(-c2ccc(CCN)cn2)c(C)c1. The fourth-order valence-corrected chi connectivity index (χ4v) is 2.00. The Balaban J connectivity index is 2.33. The minimum Gasteiger partial charge on any atom is -0.330 e. The van der Waals surface area contributed by atoms with Crippen LogP contribution in [-0.4, -0.2) is 11.5 Å². The molecule has 17 heavy (non-hydrogen) atoms. The van der Waals surface area contributed by atoms with E-state index in [1.165, 1.54) is 22.3 Å². The van der Waals surface area contributed by atoms with Crippen LogP contribution >= 0.6 is 0 Å². The Morgan fingerprint density at radius 2 is 1.94 bits per heavy atom. The molecule has 2 nitrogen and oxygen atoms in total. The van der Waals surface area contributed by atoms with Crippen molar-refractivity contribution in [1.82, 2.24) is 4.98 Å². The summed E-state index contributed by atoms with van der Waals surface area (Å²) in [5, 5.41) is 0. The van der Waals surface area contributed by atoms with Crippen molar-refractivity contribution >= 4 is 0 Å². The molecule has 0 aliphatic carbocycles. The highest BCUT2D eigenvalue weighted by molar-refractivity contribution is 5.63. The third-order valence-corrected chi connectivity index (χ3v) is 2.92. The summed E-state index contributed by atoms with van der Waals surface area (Å²) in [7, 11) is 0. The molecule has 1 aromatic heterocycles. The summed E-state index contributed by atoms with van der Waals surface area (Å²) < 4.78 is 0. The van der Waals surface area contributed by atoms with Crippen molar-refractivity contribution in [2.75, 3.05) is 6.54 Å². The molecule has 2 rings (SSSR count). The molecule has 0 bridgehead atoms. The normalized spacial score (nSPS) is 10.5. The number of aryl methyl sites for hydroxylation is 2. The van der Waals surface area contributed by atoms with Crippen LogP contribution in [0, 0.1) is 13.8 Å². The molecule has 0 unspecified atom stereocenters. The van der Waals surface area contributed by atoms with Crippen molar-refractivity contribution in [2.24, 2.45) is 5.73 Å². The summed E-state index contributed by atoms with van der Waals surface area (Å²) in [6.45, 7) is 4.90. The van der Waals surface area contributed by atoms with Gasteiger partial charge in [0.25, 0.3) is 0 Å². The highest BCUT2D eigenvalue weighted by Crippen LogP contribution is 2.22. The molecule has 0 amide bonds. The molecule has 0 spiro atoms. The fourth-order valence-electron chi connectivity index (χ4n) is 2.00. The van der Waals surface area contributed by atoms with Crippen LogP contribution in [0.3, 0.4) is 0 Å². The van der Waals surface area contributed by atoms with Crippen molar-refractivity contribution < 1.29 is 0 Å². The zero-order chi connectivity index (χ0) is 12.3. The first-order valence-electron chi connectivity index (χ1n) is 5.93. The highest BCUT2D eigenvalue weighted by atomic mass is 14.7. The Kier molecular flexibility index (Phi) is 3.55. The van der Waals surface area contributed by atoms with E-state index < -0.39 is 0 Å². The van der Waals surface area contributed by atoms with Gasteiger partial charge in [0.15, 0.2) is 0 Å². The van der Waals surface area contributed by atoms with Crippen LogP contribution in [0.4, 0.5) is 0 Å². The lowest BCUT2D eigenvalue weighted by molar-refractivity contribution is 0.959. The van der Waals surface area contributed by atoms with Crippen molar-refractivity contribution in [3.8, 4) is 11.3 Å². The molecule has 0 radical (unpaired) electrons. The Morgan fingerprint density at radius 3 is 2.53 bits per heavy atom. The number of hydrogen-bond donors (Lipinski definition) is 1. The largest absolute Gasteiger partial charge is 0.330 e. The molecule has 0 aliphatic heterocycles. The van der Waals surface area contributed by atoms with Gasteiger partial charge in [-0.2, -0.15) is 0 Å². The fraction of sp³-hybridized carbons (Fsp3) is 0.267. The second kappa shape index (κ2) is 5.11. The molecule has 0 atom stereocenters. The molecule has 2 N–H and O–H groups in total. The molecule has 0 saturated carbocycles. The van der Waals surface area contributed by atoms with Gasteiger partial charge in [-0.15, -0.1) is 0 Å². The first kappa shape index (κ1) is 11.8. The molecule has 0 fully saturated rings. The molecule has 0 aliphatic rings. The Hall–Kier alpha value is -1.67. The zero-order valence-corrected chi connectivity index (χ0v) is 10.4. The van der Waals surface area contributed by atoms with E-state index in [1.807, 2.05) is 6.20 Å². The number of nitrogens with two attached hydrogens (primary N) is 1. The number of benzene rings is 1. The van der Waals surface area contributed by atoms with Crippen LogP contribution in [-0.2, 0) is 6.42 Å². The van der Waals surface area contributed by atoms with Gasteiger partial charge in [0, 0.05) is 11.8 Å². The van der Waals surface area contributed by atoms with Crippen LogP contribution in [0.15, 0.2) is 36.5 Å². The van der Waals surface area contributed by atoms with E-state index in [4.69, 9.17) is 5.73 Å². The van der Waals surface area contributed by atoms with Crippen LogP contribution in [0.25, 0.3) is 11.3 Å². The first-order chi connectivity index (χ1) is 8.20. The lowest BCUT2D eigenvalue weighted by Crippen LogP contribution is -2.02. The van der Waals surface area contributed by atoms with Crippen molar-refractivity contribution in [2.45, 2.75) is 20.3 Å². The Morgan fingerprint density at radius 1 is 1.12 bits per heavy atom. The van der Waals surface area contributed by atoms with Crippen molar-refractivity contribution in [1.29, 1.82) is 0 Å². The maximum absolute atomic E-state index is 5.52. The second-order valence-corrected chi connectivity index (χ2v) is 4.41. The molecule has 88 valence electrons. The lowest BCUT2D eigenvalue weighted by Gasteiger charge is -2.07. The molecule has 1 heterocycles. The molecular formula is C15H18N2. The van der Waals surface area contributed by atoms with Gasteiger partial charge in [-0.1, -0.05) is 29.8 Å². The third kappa shape index (κ3) is 2.71. The van der Waals surface area contributed by atoms with Crippen LogP contribution in [0.2, 0.25) is 0 Å². The van der Waals surface area contributed by atoms with Gasteiger partial charge >= 0.3 is 0 Å². The molecule has 1 aromatic carbocycles. The smallest absolute Gasteiger partial charge is 0.0704 e. The Labute approximate surface area is 103 Å². The van der Waals surface area contributed by atoms with Crippen LogP contribution in [0.1, 0.15) is 16.7 Å². The summed E-state index contributed by atoms with van der Waals surface area (Å²) in [5.41, 5.74) is 11.5. The van der Waals surface area contributed by atoms with Crippen LogP contribution in [0.5, 0.6) is 0 Å². The van der Waals surface area contributed by atoms with E-state index in [9.17, 15) is 0 Å². The second-order valence-electron chi connectivity index (χ2n) is 4.41. The van der Waals surface area contributed by atoms with E-state index >= 15 is 0 Å². The van der Waals surface area contributed by atoms with E-state index in [1.54, 1.807) is 0 Å². The predicted molar refractivity (Wildman–Crippen MR) is 71.9 cm³/mol. The number of hydrogen-bond acceptors (Lipinski definition) is 2. The number of pyridine rings is 1. The third-order valence-electron chi connectivity index (χ3n) is 2.92. The molecule has 2 aromatic rings. The highest BCUT2D eigenvalue weighted by Gasteiger charge is 2.03. The van der Waals surface area contributed by atoms with E-state index in [-0.39, 0.29) is 0 Å². The van der Waals surface area contributed by atoms with E-state index in [0.29, 0.717) is 6.54 Å². The maximum atomic E-state index is 5.52. The van der Waals surface area contributed by atoms with Crippen molar-refractivity contribution in [3.63, 3.8) is 0 Å². The van der Waals surface area contributed by atoms with E-state index in [0.717, 1.165) is 12.1 Å². The Bertz CT molecular complexity index is 501. The monoisotopic (exact) mass is 226 g/mol. The topological polar surface area (TPSA) is 38.9 Å². The molecule has 2 heteroatoms. The van der Waals surface area contributed by atoms with Gasteiger partial charge in [-0.25, -0.2) is 0 Å². The van der Waals surface area contributed by atoms with Crippen LogP contribution < -0.4 is 5.73 Å². The summed E-state index contributed by atoms with van der Waals surface area (Å²) in [6.07, 6.45) is 2.81. The number of aromatic nitrogens is 1.